The number of carbonyl (C=O) groups excluding carboxylic acids is 2. The molecule has 2 amide bonds. The fourth-order valence-electron chi connectivity index (χ4n) is 2.20. The van der Waals surface area contributed by atoms with Gasteiger partial charge in [-0.15, -0.1) is 0 Å². The summed E-state index contributed by atoms with van der Waals surface area (Å²) in [6, 6.07) is 4.62. The van der Waals surface area contributed by atoms with Crippen LogP contribution in [0.5, 0.6) is 0 Å². The van der Waals surface area contributed by atoms with Gasteiger partial charge in [-0.3, -0.25) is 0 Å². The van der Waals surface area contributed by atoms with Crippen LogP contribution in [0.1, 0.15) is 25.5 Å². The van der Waals surface area contributed by atoms with E-state index in [0.717, 1.165) is 0 Å². The Morgan fingerprint density at radius 3 is 2.82 bits per heavy atom. The Hall–Kier alpha value is -2.63. The minimum atomic E-state index is -0.881. The summed E-state index contributed by atoms with van der Waals surface area (Å²) in [6.07, 6.45) is 3.44. The second kappa shape index (κ2) is 6.89. The molecule has 1 atom stereocenters. The summed E-state index contributed by atoms with van der Waals surface area (Å²) in [4.78, 5) is 23.9. The second-order valence-electron chi connectivity index (χ2n) is 4.76. The lowest BCUT2D eigenvalue weighted by Gasteiger charge is -2.28. The fraction of sp³-hybridized carbons (Fsp3) is 0.250. The van der Waals surface area contributed by atoms with Crippen LogP contribution in [0.3, 0.4) is 0 Å². The van der Waals surface area contributed by atoms with Gasteiger partial charge in [-0.1, -0.05) is 30.4 Å². The first-order valence-electron chi connectivity index (χ1n) is 6.85. The van der Waals surface area contributed by atoms with Gasteiger partial charge in [-0.2, -0.15) is 0 Å². The van der Waals surface area contributed by atoms with Crippen LogP contribution in [0.25, 0.3) is 0 Å². The number of rotatable bonds is 4. The van der Waals surface area contributed by atoms with Crippen molar-refractivity contribution in [1.82, 2.24) is 10.6 Å². The van der Waals surface area contributed by atoms with Gasteiger partial charge in [0, 0.05) is 11.3 Å². The number of carbonyl (C=O) groups is 2. The zero-order valence-corrected chi connectivity index (χ0v) is 12.4. The average molecular weight is 304 g/mol. The molecule has 0 saturated carbocycles. The molecule has 0 aliphatic carbocycles. The molecule has 2 N–H and O–H groups in total. The first kappa shape index (κ1) is 15.8. The fourth-order valence-corrected chi connectivity index (χ4v) is 2.20. The number of hydrogen-bond acceptors (Lipinski definition) is 3. The van der Waals surface area contributed by atoms with Gasteiger partial charge in [0.25, 0.3) is 0 Å². The maximum Gasteiger partial charge on any atom is 0.338 e. The van der Waals surface area contributed by atoms with Crippen molar-refractivity contribution < 1.29 is 18.7 Å². The molecule has 22 heavy (non-hydrogen) atoms. The first-order chi connectivity index (χ1) is 10.5. The minimum absolute atomic E-state index is 0.115. The van der Waals surface area contributed by atoms with E-state index in [1.54, 1.807) is 31.2 Å². The number of hydrogen-bond donors (Lipinski definition) is 2. The summed E-state index contributed by atoms with van der Waals surface area (Å²) < 4.78 is 19.1. The Bertz CT molecular complexity index is 653. The summed E-state index contributed by atoms with van der Waals surface area (Å²) in [7, 11) is 0. The Balaban J connectivity index is 2.37. The third kappa shape index (κ3) is 3.33. The molecule has 0 spiro atoms. The monoisotopic (exact) mass is 304 g/mol. The summed E-state index contributed by atoms with van der Waals surface area (Å²) in [5.41, 5.74) is 0.756. The number of allylic oxidation sites excluding steroid dienone is 2. The summed E-state index contributed by atoms with van der Waals surface area (Å²) >= 11 is 0. The molecular weight excluding hydrogens is 287 g/mol. The number of nitrogens with one attached hydrogen (secondary N) is 2. The van der Waals surface area contributed by atoms with E-state index in [1.165, 1.54) is 12.1 Å². The summed E-state index contributed by atoms with van der Waals surface area (Å²) in [5.74, 6) is -1.10. The highest BCUT2D eigenvalue weighted by molar-refractivity contribution is 5.95. The zero-order valence-electron chi connectivity index (χ0n) is 12.4. The first-order valence-corrected chi connectivity index (χ1v) is 6.85. The van der Waals surface area contributed by atoms with Gasteiger partial charge >= 0.3 is 12.0 Å². The smallest absolute Gasteiger partial charge is 0.338 e. The van der Waals surface area contributed by atoms with E-state index >= 15 is 0 Å². The average Bonchev–Trinajstić information content (AvgIpc) is 2.47. The van der Waals surface area contributed by atoms with E-state index in [1.807, 2.05) is 6.92 Å². The van der Waals surface area contributed by atoms with E-state index in [-0.39, 0.29) is 17.7 Å². The van der Waals surface area contributed by atoms with Crippen LogP contribution in [-0.4, -0.2) is 18.6 Å². The van der Waals surface area contributed by atoms with Crippen molar-refractivity contribution in [2.45, 2.75) is 19.9 Å². The molecule has 0 bridgehead atoms. The van der Waals surface area contributed by atoms with Gasteiger partial charge in [-0.05, 0) is 19.9 Å². The van der Waals surface area contributed by atoms with Gasteiger partial charge in [0.15, 0.2) is 0 Å². The topological polar surface area (TPSA) is 67.4 Å². The van der Waals surface area contributed by atoms with Gasteiger partial charge < -0.3 is 15.4 Å². The van der Waals surface area contributed by atoms with E-state index < -0.39 is 23.9 Å². The highest BCUT2D eigenvalue weighted by atomic mass is 19.1. The Morgan fingerprint density at radius 1 is 1.41 bits per heavy atom. The van der Waals surface area contributed by atoms with Crippen LogP contribution in [0.2, 0.25) is 0 Å². The van der Waals surface area contributed by atoms with E-state index in [0.29, 0.717) is 5.70 Å². The number of amides is 2. The van der Waals surface area contributed by atoms with Crippen LogP contribution in [0.15, 0.2) is 47.7 Å². The van der Waals surface area contributed by atoms with Gasteiger partial charge in [0.05, 0.1) is 11.6 Å². The van der Waals surface area contributed by atoms with Crippen molar-refractivity contribution in [2.75, 3.05) is 6.61 Å². The van der Waals surface area contributed by atoms with Crippen molar-refractivity contribution in [2.24, 2.45) is 0 Å². The van der Waals surface area contributed by atoms with Crippen LogP contribution in [0.4, 0.5) is 9.18 Å². The van der Waals surface area contributed by atoms with Crippen LogP contribution >= 0.6 is 0 Å². The Morgan fingerprint density at radius 2 is 2.14 bits per heavy atom. The Labute approximate surface area is 127 Å². The predicted molar refractivity (Wildman–Crippen MR) is 79.3 cm³/mol. The normalized spacial score (nSPS) is 18.1. The lowest BCUT2D eigenvalue weighted by Crippen LogP contribution is -2.45. The number of urea groups is 1. The molecular formula is C16H17FN2O3. The van der Waals surface area contributed by atoms with E-state index in [2.05, 4.69) is 10.6 Å². The number of esters is 1. The van der Waals surface area contributed by atoms with Crippen molar-refractivity contribution in [3.8, 4) is 0 Å². The van der Waals surface area contributed by atoms with Crippen LogP contribution in [0, 0.1) is 5.82 Å². The SMILES string of the molecule is CC=CCOC(=O)C1=C(C)NC(=O)NC1c1ccccc1F. The van der Waals surface area contributed by atoms with Crippen LogP contribution in [-0.2, 0) is 9.53 Å². The minimum Gasteiger partial charge on any atom is -0.458 e. The highest BCUT2D eigenvalue weighted by Crippen LogP contribution is 2.29. The maximum absolute atomic E-state index is 14.0. The third-order valence-corrected chi connectivity index (χ3v) is 3.25. The quantitative estimate of drug-likeness (QED) is 0.663. The van der Waals surface area contributed by atoms with Crippen molar-refractivity contribution in [3.63, 3.8) is 0 Å². The van der Waals surface area contributed by atoms with E-state index in [9.17, 15) is 14.0 Å². The van der Waals surface area contributed by atoms with Gasteiger partial charge in [-0.25, -0.2) is 14.0 Å². The molecule has 1 aliphatic rings. The Kier molecular flexibility index (Phi) is 4.93. The predicted octanol–water partition coefficient (Wildman–Crippen LogP) is 2.57. The van der Waals surface area contributed by atoms with Crippen molar-refractivity contribution >= 4 is 12.0 Å². The highest BCUT2D eigenvalue weighted by Gasteiger charge is 2.33. The molecule has 1 aliphatic heterocycles. The molecule has 0 fully saturated rings. The lowest BCUT2D eigenvalue weighted by molar-refractivity contribution is -0.138. The largest absolute Gasteiger partial charge is 0.458 e. The maximum atomic E-state index is 14.0. The molecule has 2 rings (SSSR count). The van der Waals surface area contributed by atoms with Crippen molar-refractivity contribution in [3.05, 3.63) is 59.1 Å². The van der Waals surface area contributed by atoms with Crippen LogP contribution < -0.4 is 10.6 Å². The van der Waals surface area contributed by atoms with Gasteiger partial charge in [0.1, 0.15) is 12.4 Å². The molecule has 1 unspecified atom stereocenters. The lowest BCUT2D eigenvalue weighted by atomic mass is 9.95. The number of benzene rings is 1. The second-order valence-corrected chi connectivity index (χ2v) is 4.76. The van der Waals surface area contributed by atoms with Gasteiger partial charge in [0.2, 0.25) is 0 Å². The molecule has 1 aromatic rings. The molecule has 0 saturated heterocycles. The molecule has 116 valence electrons. The summed E-state index contributed by atoms with van der Waals surface area (Å²) in [5, 5.41) is 5.07. The molecule has 1 heterocycles. The number of halogens is 1. The molecule has 6 heteroatoms. The van der Waals surface area contributed by atoms with E-state index in [4.69, 9.17) is 4.74 Å². The number of ether oxygens (including phenoxy) is 1. The molecule has 5 nitrogen and oxygen atoms in total. The summed E-state index contributed by atoms with van der Waals surface area (Å²) in [6.45, 7) is 3.51. The molecule has 0 radical (unpaired) electrons. The zero-order chi connectivity index (χ0) is 16.1. The molecule has 1 aromatic carbocycles. The third-order valence-electron chi connectivity index (χ3n) is 3.25. The molecule has 0 aromatic heterocycles. The van der Waals surface area contributed by atoms with Crippen molar-refractivity contribution in [1.29, 1.82) is 0 Å². The standard InChI is InChI=1S/C16H17FN2O3/c1-3-4-9-22-15(20)13-10(2)18-16(21)19-14(13)11-7-5-6-8-12(11)17/h3-8,14H,9H2,1-2H3,(H2,18,19,21).